The second-order valence-corrected chi connectivity index (χ2v) is 11.4. The lowest BCUT2D eigenvalue weighted by Crippen LogP contribution is -2.37. The minimum absolute atomic E-state index is 0.0462. The van der Waals surface area contributed by atoms with Crippen LogP contribution in [-0.4, -0.2) is 25.2 Å². The van der Waals surface area contributed by atoms with Crippen molar-refractivity contribution in [3.05, 3.63) is 90.4 Å². The van der Waals surface area contributed by atoms with Gasteiger partial charge in [0.2, 0.25) is 15.9 Å². The Hall–Kier alpha value is -1.17. The number of carbonyl (C=O) groups excluding carboxylic acids is 1. The van der Waals surface area contributed by atoms with Gasteiger partial charge >= 0.3 is 0 Å². The molecule has 31 heavy (non-hydrogen) atoms. The molecule has 162 valence electrons. The minimum Gasteiger partial charge on any atom is -0.325 e. The summed E-state index contributed by atoms with van der Waals surface area (Å²) in [5.41, 5.74) is 1.19. The van der Waals surface area contributed by atoms with E-state index in [4.69, 9.17) is 23.2 Å². The first kappa shape index (κ1) is 24.5. The van der Waals surface area contributed by atoms with Crippen molar-refractivity contribution in [1.29, 1.82) is 0 Å². The van der Waals surface area contributed by atoms with Crippen LogP contribution in [0.4, 0.5) is 5.69 Å². The molecular weight excluding hydrogens is 638 g/mol. The van der Waals surface area contributed by atoms with Crippen molar-refractivity contribution >= 4 is 83.3 Å². The van der Waals surface area contributed by atoms with Crippen molar-refractivity contribution in [3.8, 4) is 0 Å². The van der Waals surface area contributed by atoms with E-state index in [1.807, 2.05) is 12.1 Å². The smallest absolute Gasteiger partial charge is 0.243 e. The normalized spacial score (nSPS) is 11.5. The van der Waals surface area contributed by atoms with Gasteiger partial charge in [-0.15, -0.1) is 0 Å². The Bertz CT molecular complexity index is 1190. The Labute approximate surface area is 213 Å². The molecule has 0 bridgehead atoms. The summed E-state index contributed by atoms with van der Waals surface area (Å²) in [6, 6.07) is 18.3. The zero-order chi connectivity index (χ0) is 22.6. The molecule has 0 aliphatic heterocycles. The molecule has 0 unspecified atom stereocenters. The second-order valence-electron chi connectivity index (χ2n) is 6.53. The SMILES string of the molecule is O=C(CN(Cc1ccc(Cl)c(Cl)c1)S(=O)(=O)c1ccc(Br)cc1)Nc1ccc(I)cc1. The van der Waals surface area contributed by atoms with Crippen LogP contribution in [-0.2, 0) is 21.4 Å². The van der Waals surface area contributed by atoms with Crippen molar-refractivity contribution in [1.82, 2.24) is 4.31 Å². The number of rotatable bonds is 7. The third-order valence-electron chi connectivity index (χ3n) is 4.24. The van der Waals surface area contributed by atoms with E-state index in [0.29, 0.717) is 21.3 Å². The van der Waals surface area contributed by atoms with Crippen LogP contribution < -0.4 is 5.32 Å². The van der Waals surface area contributed by atoms with Crippen molar-refractivity contribution in [2.24, 2.45) is 0 Å². The molecule has 0 aliphatic carbocycles. The fourth-order valence-corrected chi connectivity index (χ4v) is 5.05. The molecule has 0 spiro atoms. The van der Waals surface area contributed by atoms with Gasteiger partial charge < -0.3 is 5.32 Å². The Morgan fingerprint density at radius 2 is 1.61 bits per heavy atom. The molecule has 3 aromatic carbocycles. The van der Waals surface area contributed by atoms with Crippen LogP contribution in [0.3, 0.4) is 0 Å². The molecule has 0 radical (unpaired) electrons. The van der Waals surface area contributed by atoms with Gasteiger partial charge in [0, 0.05) is 20.3 Å². The number of hydrogen-bond donors (Lipinski definition) is 1. The molecule has 1 amide bonds. The summed E-state index contributed by atoms with van der Waals surface area (Å²) in [5, 5.41) is 3.41. The zero-order valence-corrected chi connectivity index (χ0v) is 21.9. The van der Waals surface area contributed by atoms with E-state index >= 15 is 0 Å². The largest absolute Gasteiger partial charge is 0.325 e. The van der Waals surface area contributed by atoms with E-state index in [1.165, 1.54) is 12.1 Å². The predicted molar refractivity (Wildman–Crippen MR) is 136 cm³/mol. The standard InChI is InChI=1S/C21H16BrCl2IN2O3S/c22-15-2-8-18(9-3-15)31(29,30)27(12-14-1-10-19(23)20(24)11-14)13-21(28)26-17-6-4-16(25)5-7-17/h1-11H,12-13H2,(H,26,28). The van der Waals surface area contributed by atoms with Gasteiger partial charge in [-0.2, -0.15) is 4.31 Å². The molecule has 0 fully saturated rings. The van der Waals surface area contributed by atoms with Crippen LogP contribution >= 0.6 is 61.7 Å². The highest BCUT2D eigenvalue weighted by Crippen LogP contribution is 2.25. The summed E-state index contributed by atoms with van der Waals surface area (Å²) in [4.78, 5) is 12.8. The fraction of sp³-hybridized carbons (Fsp3) is 0.0952. The van der Waals surface area contributed by atoms with Gasteiger partial charge in [0.15, 0.2) is 0 Å². The third kappa shape index (κ3) is 6.66. The maximum atomic E-state index is 13.3. The molecule has 0 aromatic heterocycles. The van der Waals surface area contributed by atoms with Gasteiger partial charge in [0.05, 0.1) is 21.5 Å². The number of carbonyl (C=O) groups is 1. The highest BCUT2D eigenvalue weighted by atomic mass is 127. The third-order valence-corrected chi connectivity index (χ3v) is 8.04. The van der Waals surface area contributed by atoms with Gasteiger partial charge in [-0.1, -0.05) is 45.2 Å². The van der Waals surface area contributed by atoms with Gasteiger partial charge in [-0.25, -0.2) is 8.42 Å². The van der Waals surface area contributed by atoms with E-state index < -0.39 is 15.9 Å². The molecule has 3 aromatic rings. The molecule has 0 saturated heterocycles. The summed E-state index contributed by atoms with van der Waals surface area (Å²) in [7, 11) is -3.96. The lowest BCUT2D eigenvalue weighted by Gasteiger charge is -2.22. The van der Waals surface area contributed by atoms with Crippen molar-refractivity contribution in [2.75, 3.05) is 11.9 Å². The number of benzene rings is 3. The van der Waals surface area contributed by atoms with E-state index in [-0.39, 0.29) is 18.0 Å². The summed E-state index contributed by atoms with van der Waals surface area (Å²) in [6.07, 6.45) is 0. The minimum atomic E-state index is -3.96. The Kier molecular flexibility index (Phi) is 8.39. The maximum Gasteiger partial charge on any atom is 0.243 e. The lowest BCUT2D eigenvalue weighted by molar-refractivity contribution is -0.116. The second kappa shape index (κ2) is 10.6. The number of nitrogens with zero attached hydrogens (tertiary/aromatic N) is 1. The predicted octanol–water partition coefficient (Wildman–Crippen LogP) is 6.19. The van der Waals surface area contributed by atoms with Gasteiger partial charge in [-0.05, 0) is 88.8 Å². The van der Waals surface area contributed by atoms with Crippen LogP contribution in [0.15, 0.2) is 76.1 Å². The first-order chi connectivity index (χ1) is 14.6. The van der Waals surface area contributed by atoms with Crippen LogP contribution in [0, 0.1) is 3.57 Å². The van der Waals surface area contributed by atoms with Crippen LogP contribution in [0.2, 0.25) is 10.0 Å². The summed E-state index contributed by atoms with van der Waals surface area (Å²) < 4.78 is 29.5. The summed E-state index contributed by atoms with van der Waals surface area (Å²) >= 11 is 17.5. The maximum absolute atomic E-state index is 13.3. The first-order valence-corrected chi connectivity index (χ1v) is 13.0. The van der Waals surface area contributed by atoms with Gasteiger partial charge in [-0.3, -0.25) is 4.79 Å². The van der Waals surface area contributed by atoms with Crippen molar-refractivity contribution < 1.29 is 13.2 Å². The van der Waals surface area contributed by atoms with E-state index in [0.717, 1.165) is 12.3 Å². The Morgan fingerprint density at radius 3 is 2.23 bits per heavy atom. The number of sulfonamides is 1. The van der Waals surface area contributed by atoms with Crippen molar-refractivity contribution in [3.63, 3.8) is 0 Å². The average molecular weight is 654 g/mol. The Balaban J connectivity index is 1.88. The van der Waals surface area contributed by atoms with Gasteiger partial charge in [0.1, 0.15) is 0 Å². The van der Waals surface area contributed by atoms with E-state index in [9.17, 15) is 13.2 Å². The topological polar surface area (TPSA) is 66.5 Å². The molecule has 0 atom stereocenters. The van der Waals surface area contributed by atoms with E-state index in [1.54, 1.807) is 42.5 Å². The molecule has 3 rings (SSSR count). The molecule has 0 heterocycles. The monoisotopic (exact) mass is 652 g/mol. The zero-order valence-electron chi connectivity index (χ0n) is 15.9. The first-order valence-electron chi connectivity index (χ1n) is 8.90. The highest BCUT2D eigenvalue weighted by molar-refractivity contribution is 14.1. The summed E-state index contributed by atoms with van der Waals surface area (Å²) in [6.45, 7) is -0.417. The number of halogens is 4. The number of hydrogen-bond acceptors (Lipinski definition) is 3. The molecular formula is C21H16BrCl2IN2O3S. The van der Waals surface area contributed by atoms with Gasteiger partial charge in [0.25, 0.3) is 0 Å². The molecule has 0 aliphatic rings. The van der Waals surface area contributed by atoms with Crippen LogP contribution in [0.5, 0.6) is 0 Å². The van der Waals surface area contributed by atoms with Crippen molar-refractivity contribution in [2.45, 2.75) is 11.4 Å². The molecule has 0 saturated carbocycles. The van der Waals surface area contributed by atoms with Crippen LogP contribution in [0.25, 0.3) is 0 Å². The molecule has 10 heteroatoms. The lowest BCUT2D eigenvalue weighted by atomic mass is 10.2. The number of amides is 1. The highest BCUT2D eigenvalue weighted by Gasteiger charge is 2.27. The quantitative estimate of drug-likeness (QED) is 0.310. The summed E-state index contributed by atoms with van der Waals surface area (Å²) in [5.74, 6) is -0.457. The molecule has 1 N–H and O–H groups in total. The Morgan fingerprint density at radius 1 is 0.968 bits per heavy atom. The average Bonchev–Trinajstić information content (AvgIpc) is 2.72. The number of nitrogens with one attached hydrogen (secondary N) is 1. The van der Waals surface area contributed by atoms with E-state index in [2.05, 4.69) is 43.8 Å². The number of anilines is 1. The van der Waals surface area contributed by atoms with Crippen LogP contribution in [0.1, 0.15) is 5.56 Å². The fourth-order valence-electron chi connectivity index (χ4n) is 2.72. The molecule has 5 nitrogen and oxygen atoms in total.